The van der Waals surface area contributed by atoms with Gasteiger partial charge < -0.3 is 35.8 Å². The van der Waals surface area contributed by atoms with Crippen LogP contribution in [0.2, 0.25) is 0 Å². The monoisotopic (exact) mass is 614 g/mol. The summed E-state index contributed by atoms with van der Waals surface area (Å²) >= 11 is 0. The van der Waals surface area contributed by atoms with Crippen molar-refractivity contribution in [3.05, 3.63) is 71.8 Å². The number of aliphatic hydroxyl groups excluding tert-OH is 1. The van der Waals surface area contributed by atoms with Gasteiger partial charge >= 0.3 is 5.97 Å². The van der Waals surface area contributed by atoms with E-state index in [-0.39, 0.29) is 19.6 Å². The molecule has 4 amide bonds. The zero-order chi connectivity index (χ0) is 33.0. The number of ether oxygens (including phenoxy) is 2. The van der Waals surface area contributed by atoms with E-state index in [0.29, 0.717) is 37.3 Å². The minimum atomic E-state index is -1.59. The largest absolute Gasteiger partial charge is 0.469 e. The maximum absolute atomic E-state index is 12.8. The molecule has 2 aromatic carbocycles. The highest BCUT2D eigenvalue weighted by Crippen LogP contribution is 2.27. The van der Waals surface area contributed by atoms with E-state index in [1.54, 1.807) is 82.3 Å². The molecule has 0 atom stereocenters. The van der Waals surface area contributed by atoms with Crippen LogP contribution in [0.1, 0.15) is 45.2 Å². The Morgan fingerprint density at radius 2 is 1.00 bits per heavy atom. The first-order valence-electron chi connectivity index (χ1n) is 14.7. The van der Waals surface area contributed by atoms with Gasteiger partial charge in [0.15, 0.2) is 10.8 Å². The van der Waals surface area contributed by atoms with E-state index in [2.05, 4.69) is 26.0 Å². The van der Waals surface area contributed by atoms with E-state index in [1.807, 2.05) is 6.07 Å². The van der Waals surface area contributed by atoms with Crippen LogP contribution < -0.4 is 21.3 Å². The lowest BCUT2D eigenvalue weighted by Crippen LogP contribution is -2.57. The summed E-state index contributed by atoms with van der Waals surface area (Å²) in [5, 5.41) is 20.4. The molecule has 44 heavy (non-hydrogen) atoms. The molecule has 0 aliphatic carbocycles. The van der Waals surface area contributed by atoms with Crippen molar-refractivity contribution < 1.29 is 38.6 Å². The van der Waals surface area contributed by atoms with E-state index in [1.165, 1.54) is 7.11 Å². The molecular weight excluding hydrogens is 568 g/mol. The van der Waals surface area contributed by atoms with E-state index in [0.717, 1.165) is 0 Å². The summed E-state index contributed by atoms with van der Waals surface area (Å²) in [7, 11) is 1.29. The van der Waals surface area contributed by atoms with Crippen LogP contribution in [-0.2, 0) is 44.3 Å². The van der Waals surface area contributed by atoms with Crippen molar-refractivity contribution in [2.75, 3.05) is 53.1 Å². The second kappa shape index (κ2) is 19.8. The fourth-order valence-electron chi connectivity index (χ4n) is 4.35. The number of likely N-dealkylation sites (N-methyl/N-ethyl adjacent to an activating group) is 4. The van der Waals surface area contributed by atoms with Gasteiger partial charge in [-0.15, -0.1) is 0 Å². The molecule has 0 saturated carbocycles. The van der Waals surface area contributed by atoms with Gasteiger partial charge in [0, 0.05) is 26.2 Å². The molecule has 12 heteroatoms. The molecule has 2 aromatic rings. The maximum atomic E-state index is 12.8. The minimum absolute atomic E-state index is 0.0478. The number of amides is 4. The second-order valence-electron chi connectivity index (χ2n) is 9.52. The number of carbonyl (C=O) groups excluding carboxylic acids is 5. The highest BCUT2D eigenvalue weighted by molar-refractivity contribution is 6.11. The van der Waals surface area contributed by atoms with Gasteiger partial charge in [-0.1, -0.05) is 60.7 Å². The Balaban J connectivity index is 0.000000457. The standard InChI is InChI=1S/C18H26N2O5.C14H20N2O3/c1-4-19-16(22)18(17(23)20-5-2,14-9-7-6-8-10-14)13-25-12-11-15(21)24-3;1-3-15-12(18)14(10-17,13(19)16-4-2)11-8-6-5-7-9-11/h6-10H,4-5,11-13H2,1-3H3,(H,19,22)(H,20,23);5-9,17H,3-4,10H2,1-2H3,(H,15,18)(H,16,19). The average molecular weight is 615 g/mol. The second-order valence-corrected chi connectivity index (χ2v) is 9.52. The summed E-state index contributed by atoms with van der Waals surface area (Å²) in [4.78, 5) is 61.4. The molecule has 0 saturated heterocycles. The van der Waals surface area contributed by atoms with Crippen molar-refractivity contribution in [3.8, 4) is 0 Å². The lowest BCUT2D eigenvalue weighted by atomic mass is 9.79. The Bertz CT molecular complexity index is 1160. The Morgan fingerprint density at radius 3 is 1.34 bits per heavy atom. The van der Waals surface area contributed by atoms with Crippen molar-refractivity contribution in [3.63, 3.8) is 0 Å². The fraction of sp³-hybridized carbons (Fsp3) is 0.469. The number of esters is 1. The van der Waals surface area contributed by atoms with Crippen molar-refractivity contribution in [2.24, 2.45) is 0 Å². The Kier molecular flexibility index (Phi) is 17.0. The number of aliphatic hydroxyl groups is 1. The predicted molar refractivity (Wildman–Crippen MR) is 166 cm³/mol. The molecule has 0 radical (unpaired) electrons. The lowest BCUT2D eigenvalue weighted by molar-refractivity contribution is -0.144. The summed E-state index contributed by atoms with van der Waals surface area (Å²) in [6, 6.07) is 17.4. The molecule has 0 bridgehead atoms. The summed E-state index contributed by atoms with van der Waals surface area (Å²) in [6.07, 6.45) is 0.0478. The highest BCUT2D eigenvalue weighted by Gasteiger charge is 2.48. The molecule has 2 rings (SSSR count). The van der Waals surface area contributed by atoms with Crippen LogP contribution in [0.5, 0.6) is 0 Å². The minimum Gasteiger partial charge on any atom is -0.469 e. The molecule has 5 N–H and O–H groups in total. The summed E-state index contributed by atoms with van der Waals surface area (Å²) in [6.45, 7) is 7.96. The SMILES string of the molecule is CCNC(=O)C(CO)(C(=O)NCC)c1ccccc1.CCNC(=O)C(COCCC(=O)OC)(C(=O)NCC)c1ccccc1. The first-order valence-corrected chi connectivity index (χ1v) is 14.7. The van der Waals surface area contributed by atoms with Crippen LogP contribution in [-0.4, -0.2) is 87.8 Å². The summed E-state index contributed by atoms with van der Waals surface area (Å²) in [5.74, 6) is -2.28. The van der Waals surface area contributed by atoms with Gasteiger partial charge in [0.1, 0.15) is 0 Å². The molecule has 12 nitrogen and oxygen atoms in total. The van der Waals surface area contributed by atoms with Crippen molar-refractivity contribution in [1.29, 1.82) is 0 Å². The number of rotatable bonds is 16. The third-order valence-corrected chi connectivity index (χ3v) is 6.67. The number of hydrogen-bond donors (Lipinski definition) is 5. The molecule has 242 valence electrons. The number of methoxy groups -OCH3 is 1. The zero-order valence-electron chi connectivity index (χ0n) is 26.2. The van der Waals surface area contributed by atoms with Crippen LogP contribution in [0.3, 0.4) is 0 Å². The van der Waals surface area contributed by atoms with Gasteiger partial charge in [-0.3, -0.25) is 24.0 Å². The predicted octanol–water partition coefficient (Wildman–Crippen LogP) is 0.965. The van der Waals surface area contributed by atoms with Crippen LogP contribution in [0.4, 0.5) is 0 Å². The molecule has 0 heterocycles. The van der Waals surface area contributed by atoms with E-state index < -0.39 is 47.0 Å². The summed E-state index contributed by atoms with van der Waals surface area (Å²) in [5.41, 5.74) is -2.10. The zero-order valence-corrected chi connectivity index (χ0v) is 26.2. The van der Waals surface area contributed by atoms with Crippen molar-refractivity contribution >= 4 is 29.6 Å². The van der Waals surface area contributed by atoms with Crippen molar-refractivity contribution in [1.82, 2.24) is 21.3 Å². The van der Waals surface area contributed by atoms with E-state index in [4.69, 9.17) is 4.74 Å². The highest BCUT2D eigenvalue weighted by atomic mass is 16.5. The molecule has 0 fully saturated rings. The van der Waals surface area contributed by atoms with Gasteiger partial charge in [-0.25, -0.2) is 0 Å². The van der Waals surface area contributed by atoms with Crippen LogP contribution in [0, 0.1) is 0 Å². The van der Waals surface area contributed by atoms with E-state index in [9.17, 15) is 29.1 Å². The fourth-order valence-corrected chi connectivity index (χ4v) is 4.35. The molecule has 0 spiro atoms. The molecule has 0 aromatic heterocycles. The molecule has 0 aliphatic rings. The number of carbonyl (C=O) groups is 5. The molecule has 0 unspecified atom stereocenters. The molecule has 0 aliphatic heterocycles. The smallest absolute Gasteiger partial charge is 0.307 e. The van der Waals surface area contributed by atoms with Gasteiger partial charge in [0.2, 0.25) is 23.6 Å². The van der Waals surface area contributed by atoms with Gasteiger partial charge in [0.05, 0.1) is 33.4 Å². The van der Waals surface area contributed by atoms with Crippen molar-refractivity contribution in [2.45, 2.75) is 44.9 Å². The quantitative estimate of drug-likeness (QED) is 0.106. The van der Waals surface area contributed by atoms with Gasteiger partial charge in [-0.05, 0) is 38.8 Å². The summed E-state index contributed by atoms with van der Waals surface area (Å²) < 4.78 is 10.1. The van der Waals surface area contributed by atoms with Gasteiger partial charge in [-0.2, -0.15) is 0 Å². The Labute approximate surface area is 259 Å². The van der Waals surface area contributed by atoms with E-state index >= 15 is 0 Å². The normalized spacial score (nSPS) is 10.9. The van der Waals surface area contributed by atoms with Crippen LogP contribution >= 0.6 is 0 Å². The van der Waals surface area contributed by atoms with Gasteiger partial charge in [0.25, 0.3) is 0 Å². The Morgan fingerprint density at radius 1 is 0.636 bits per heavy atom. The van der Waals surface area contributed by atoms with Crippen LogP contribution in [0.25, 0.3) is 0 Å². The third-order valence-electron chi connectivity index (χ3n) is 6.67. The number of benzene rings is 2. The van der Waals surface area contributed by atoms with Crippen LogP contribution in [0.15, 0.2) is 60.7 Å². The lowest BCUT2D eigenvalue weighted by Gasteiger charge is -2.31. The third kappa shape index (κ3) is 9.61. The number of hydrogen-bond acceptors (Lipinski definition) is 8. The maximum Gasteiger partial charge on any atom is 0.307 e. The first kappa shape index (κ1) is 37.7. The average Bonchev–Trinajstić information content (AvgIpc) is 3.03. The number of nitrogens with one attached hydrogen (secondary N) is 4. The first-order chi connectivity index (χ1) is 21.2. The molecular formula is C32H46N4O8. The Hall–Kier alpha value is -4.29. The topological polar surface area (TPSA) is 172 Å².